The monoisotopic (exact) mass is 304 g/mol. The maximum Gasteiger partial charge on any atom is 0.310 e. The van der Waals surface area contributed by atoms with E-state index in [1.807, 2.05) is 20.8 Å². The van der Waals surface area contributed by atoms with Gasteiger partial charge in [0.15, 0.2) is 0 Å². The number of hydrogen-bond donors (Lipinski definition) is 1. The molecule has 3 aliphatic rings. The third-order valence-electron chi connectivity index (χ3n) is 5.41. The quantitative estimate of drug-likeness (QED) is 0.790. The average Bonchev–Trinajstić information content (AvgIpc) is 2.71. The number of rotatable bonds is 2. The molecule has 0 saturated heterocycles. The largest absolute Gasteiger partial charge is 0.460 e. The van der Waals surface area contributed by atoms with Gasteiger partial charge < -0.3 is 9.84 Å². The minimum Gasteiger partial charge on any atom is -0.460 e. The molecule has 2 atom stereocenters. The summed E-state index contributed by atoms with van der Waals surface area (Å²) in [6.45, 7) is 5.77. The molecular formula is C19H28O3. The normalized spacial score (nSPS) is 37.8. The highest BCUT2D eigenvalue weighted by molar-refractivity contribution is 5.74. The van der Waals surface area contributed by atoms with Crippen LogP contribution in [0.5, 0.6) is 0 Å². The fourth-order valence-electron chi connectivity index (χ4n) is 4.59. The molecule has 0 radical (unpaired) electrons. The molecule has 2 unspecified atom stereocenters. The van der Waals surface area contributed by atoms with Gasteiger partial charge in [-0.05, 0) is 76.7 Å². The molecule has 3 nitrogen and oxygen atoms in total. The third-order valence-corrected chi connectivity index (χ3v) is 5.41. The average molecular weight is 304 g/mol. The van der Waals surface area contributed by atoms with Crippen molar-refractivity contribution in [3.05, 3.63) is 23.8 Å². The topological polar surface area (TPSA) is 46.5 Å². The van der Waals surface area contributed by atoms with Crippen molar-refractivity contribution in [2.45, 2.75) is 70.5 Å². The molecule has 0 aromatic heterocycles. The Bertz CT molecular complexity index is 495. The van der Waals surface area contributed by atoms with Crippen molar-refractivity contribution >= 4 is 5.97 Å². The first-order valence-corrected chi connectivity index (χ1v) is 8.60. The standard InChI is InChI=1S/C19H28O3/c1-18(2,3)22-17(20)16-13-9-10-14(16)12-19(21,11-13)15-7-5-4-6-8-15/h4-5,7,13-14,16,21H,6,8-12H2,1-3H3. The maximum atomic E-state index is 12.5. The summed E-state index contributed by atoms with van der Waals surface area (Å²) >= 11 is 0. The van der Waals surface area contributed by atoms with E-state index >= 15 is 0 Å². The Balaban J connectivity index is 1.75. The molecule has 1 N–H and O–H groups in total. The predicted molar refractivity (Wildman–Crippen MR) is 86.2 cm³/mol. The van der Waals surface area contributed by atoms with Crippen LogP contribution in [-0.2, 0) is 9.53 Å². The highest BCUT2D eigenvalue weighted by atomic mass is 16.6. The third kappa shape index (κ3) is 3.01. The van der Waals surface area contributed by atoms with Gasteiger partial charge in [0.05, 0.1) is 11.5 Å². The second-order valence-electron chi connectivity index (χ2n) is 8.26. The van der Waals surface area contributed by atoms with Crippen LogP contribution in [0.2, 0.25) is 0 Å². The molecule has 22 heavy (non-hydrogen) atoms. The number of esters is 1. The van der Waals surface area contributed by atoms with E-state index in [1.54, 1.807) is 0 Å². The van der Waals surface area contributed by atoms with Gasteiger partial charge in [-0.2, -0.15) is 0 Å². The molecule has 0 heterocycles. The van der Waals surface area contributed by atoms with Gasteiger partial charge in [-0.25, -0.2) is 0 Å². The lowest BCUT2D eigenvalue weighted by Crippen LogP contribution is -2.45. The molecule has 0 aromatic carbocycles. The number of allylic oxidation sites excluding steroid dienone is 3. The molecule has 0 amide bonds. The summed E-state index contributed by atoms with van der Waals surface area (Å²) in [5, 5.41) is 11.2. The second-order valence-corrected chi connectivity index (χ2v) is 8.26. The number of ether oxygens (including phenoxy) is 1. The predicted octanol–water partition coefficient (Wildman–Crippen LogP) is 3.77. The molecule has 3 rings (SSSR count). The van der Waals surface area contributed by atoms with Gasteiger partial charge in [-0.1, -0.05) is 18.2 Å². The highest BCUT2D eigenvalue weighted by Crippen LogP contribution is 2.53. The van der Waals surface area contributed by atoms with Gasteiger partial charge >= 0.3 is 5.97 Å². The summed E-state index contributed by atoms with van der Waals surface area (Å²) in [5.41, 5.74) is 0.0327. The molecule has 2 fully saturated rings. The maximum absolute atomic E-state index is 12.5. The van der Waals surface area contributed by atoms with Gasteiger partial charge in [0.25, 0.3) is 0 Å². The summed E-state index contributed by atoms with van der Waals surface area (Å²) in [5.74, 6) is 0.467. The molecule has 2 bridgehead atoms. The van der Waals surface area contributed by atoms with Crippen LogP contribution in [0.1, 0.15) is 59.3 Å². The lowest BCUT2D eigenvalue weighted by atomic mass is 9.67. The van der Waals surface area contributed by atoms with Crippen molar-refractivity contribution < 1.29 is 14.6 Å². The Morgan fingerprint density at radius 2 is 1.91 bits per heavy atom. The van der Waals surface area contributed by atoms with Crippen LogP contribution in [-0.4, -0.2) is 22.3 Å². The zero-order chi connectivity index (χ0) is 16.0. The highest BCUT2D eigenvalue weighted by Gasteiger charge is 2.53. The summed E-state index contributed by atoms with van der Waals surface area (Å²) in [6.07, 6.45) is 11.8. The Kier molecular flexibility index (Phi) is 3.96. The van der Waals surface area contributed by atoms with E-state index < -0.39 is 11.2 Å². The molecule has 3 heteroatoms. The fraction of sp³-hybridized carbons (Fsp3) is 0.737. The van der Waals surface area contributed by atoms with Gasteiger partial charge in [-0.3, -0.25) is 4.79 Å². The van der Waals surface area contributed by atoms with E-state index in [0.29, 0.717) is 12.8 Å². The second kappa shape index (κ2) is 5.52. The van der Waals surface area contributed by atoms with E-state index in [-0.39, 0.29) is 23.7 Å². The van der Waals surface area contributed by atoms with E-state index in [1.165, 1.54) is 0 Å². The van der Waals surface area contributed by atoms with Crippen LogP contribution in [0, 0.1) is 17.8 Å². The minimum atomic E-state index is -0.699. The van der Waals surface area contributed by atoms with Crippen LogP contribution >= 0.6 is 0 Å². The molecule has 0 aliphatic heterocycles. The van der Waals surface area contributed by atoms with Crippen LogP contribution in [0.3, 0.4) is 0 Å². The minimum absolute atomic E-state index is 0.0146. The Morgan fingerprint density at radius 1 is 1.27 bits per heavy atom. The summed E-state index contributed by atoms with van der Waals surface area (Å²) in [4.78, 5) is 12.5. The van der Waals surface area contributed by atoms with Crippen LogP contribution in [0.4, 0.5) is 0 Å². The van der Waals surface area contributed by atoms with Gasteiger partial charge in [0, 0.05) is 0 Å². The lowest BCUT2D eigenvalue weighted by molar-refractivity contribution is -0.166. The first-order valence-electron chi connectivity index (χ1n) is 8.60. The lowest BCUT2D eigenvalue weighted by Gasteiger charge is -2.42. The van der Waals surface area contributed by atoms with E-state index in [0.717, 1.165) is 31.3 Å². The van der Waals surface area contributed by atoms with Crippen molar-refractivity contribution in [3.63, 3.8) is 0 Å². The molecular weight excluding hydrogens is 276 g/mol. The van der Waals surface area contributed by atoms with Crippen molar-refractivity contribution in [1.29, 1.82) is 0 Å². The summed E-state index contributed by atoms with van der Waals surface area (Å²) in [6, 6.07) is 0. The van der Waals surface area contributed by atoms with E-state index in [4.69, 9.17) is 4.74 Å². The van der Waals surface area contributed by atoms with Crippen LogP contribution in [0.25, 0.3) is 0 Å². The van der Waals surface area contributed by atoms with E-state index in [9.17, 15) is 9.90 Å². The molecule has 0 aromatic rings. The molecule has 0 spiro atoms. The summed E-state index contributed by atoms with van der Waals surface area (Å²) in [7, 11) is 0. The zero-order valence-electron chi connectivity index (χ0n) is 14.0. The molecule has 3 aliphatic carbocycles. The Morgan fingerprint density at radius 3 is 2.41 bits per heavy atom. The first kappa shape index (κ1) is 15.8. The zero-order valence-corrected chi connectivity index (χ0v) is 14.0. The SMILES string of the molecule is CC(C)(C)OC(=O)C1C2CCC1CC(O)(C1=CC=CCC1)C2. The van der Waals surface area contributed by atoms with Gasteiger partial charge in [0.1, 0.15) is 5.60 Å². The Labute approximate surface area is 133 Å². The summed E-state index contributed by atoms with van der Waals surface area (Å²) < 4.78 is 5.63. The Hall–Kier alpha value is -1.09. The number of aliphatic hydroxyl groups is 1. The van der Waals surface area contributed by atoms with Crippen molar-refractivity contribution in [3.8, 4) is 0 Å². The fourth-order valence-corrected chi connectivity index (χ4v) is 4.59. The van der Waals surface area contributed by atoms with Gasteiger partial charge in [0.2, 0.25) is 0 Å². The molecule has 2 saturated carbocycles. The number of carbonyl (C=O) groups is 1. The van der Waals surface area contributed by atoms with Crippen LogP contribution < -0.4 is 0 Å². The van der Waals surface area contributed by atoms with Gasteiger partial charge in [-0.15, -0.1) is 0 Å². The van der Waals surface area contributed by atoms with Crippen molar-refractivity contribution in [2.24, 2.45) is 17.8 Å². The van der Waals surface area contributed by atoms with Crippen molar-refractivity contribution in [1.82, 2.24) is 0 Å². The number of fused-ring (bicyclic) bond motifs is 2. The first-order chi connectivity index (χ1) is 10.3. The van der Waals surface area contributed by atoms with Crippen molar-refractivity contribution in [2.75, 3.05) is 0 Å². The van der Waals surface area contributed by atoms with Crippen LogP contribution in [0.15, 0.2) is 23.8 Å². The molecule has 122 valence electrons. The number of hydrogen-bond acceptors (Lipinski definition) is 3. The smallest absolute Gasteiger partial charge is 0.310 e. The number of carbonyl (C=O) groups excluding carboxylic acids is 1. The van der Waals surface area contributed by atoms with E-state index in [2.05, 4.69) is 18.2 Å².